The third-order valence-electron chi connectivity index (χ3n) is 3.56. The highest BCUT2D eigenvalue weighted by atomic mass is 19.4. The largest absolute Gasteiger partial charge is 0.411 e. The smallest absolute Gasteiger partial charge is 0.371 e. The van der Waals surface area contributed by atoms with Crippen molar-refractivity contribution in [1.29, 1.82) is 0 Å². The Bertz CT molecular complexity index is 241. The van der Waals surface area contributed by atoms with Crippen LogP contribution in [0, 0.1) is 0 Å². The summed E-state index contributed by atoms with van der Waals surface area (Å²) in [5.41, 5.74) is 5.87. The standard InChI is InChI=1S/C13H25F3N2O/c1-2-7-18(8-9-19-10-13(14,15)16)12-5-3-11(17)4-6-12/h11-12H,2-10,17H2,1H3. The maximum absolute atomic E-state index is 12.0. The first-order valence-corrected chi connectivity index (χ1v) is 7.06. The first-order valence-electron chi connectivity index (χ1n) is 7.06. The Morgan fingerprint density at radius 2 is 1.79 bits per heavy atom. The van der Waals surface area contributed by atoms with E-state index in [0.717, 1.165) is 38.6 Å². The van der Waals surface area contributed by atoms with Crippen molar-refractivity contribution < 1.29 is 17.9 Å². The molecule has 3 nitrogen and oxygen atoms in total. The molecule has 2 N–H and O–H groups in total. The van der Waals surface area contributed by atoms with Crippen molar-refractivity contribution in [2.24, 2.45) is 5.73 Å². The fourth-order valence-corrected chi connectivity index (χ4v) is 2.60. The number of nitrogens with two attached hydrogens (primary N) is 1. The Labute approximate surface area is 113 Å². The number of ether oxygens (including phenoxy) is 1. The van der Waals surface area contributed by atoms with Gasteiger partial charge < -0.3 is 10.5 Å². The van der Waals surface area contributed by atoms with Gasteiger partial charge in [-0.1, -0.05) is 6.92 Å². The van der Waals surface area contributed by atoms with Crippen LogP contribution in [0.1, 0.15) is 39.0 Å². The first-order chi connectivity index (χ1) is 8.92. The van der Waals surface area contributed by atoms with Gasteiger partial charge in [0, 0.05) is 18.6 Å². The van der Waals surface area contributed by atoms with Gasteiger partial charge in [-0.05, 0) is 38.6 Å². The van der Waals surface area contributed by atoms with E-state index in [0.29, 0.717) is 18.6 Å². The van der Waals surface area contributed by atoms with E-state index in [9.17, 15) is 13.2 Å². The van der Waals surface area contributed by atoms with Gasteiger partial charge in [-0.25, -0.2) is 0 Å². The van der Waals surface area contributed by atoms with Crippen LogP contribution in [0.15, 0.2) is 0 Å². The molecule has 0 aromatic carbocycles. The molecule has 0 bridgehead atoms. The van der Waals surface area contributed by atoms with Crippen molar-refractivity contribution in [3.63, 3.8) is 0 Å². The molecule has 0 aromatic rings. The molecule has 0 amide bonds. The van der Waals surface area contributed by atoms with E-state index in [1.54, 1.807) is 0 Å². The van der Waals surface area contributed by atoms with E-state index in [2.05, 4.69) is 11.8 Å². The minimum atomic E-state index is -4.23. The van der Waals surface area contributed by atoms with Crippen molar-refractivity contribution in [3.05, 3.63) is 0 Å². The van der Waals surface area contributed by atoms with Gasteiger partial charge in [-0.15, -0.1) is 0 Å². The van der Waals surface area contributed by atoms with Crippen LogP contribution in [0.2, 0.25) is 0 Å². The van der Waals surface area contributed by atoms with Gasteiger partial charge in [-0.3, -0.25) is 4.90 Å². The molecular formula is C13H25F3N2O. The second-order valence-corrected chi connectivity index (χ2v) is 5.27. The van der Waals surface area contributed by atoms with Crippen molar-refractivity contribution in [1.82, 2.24) is 4.90 Å². The van der Waals surface area contributed by atoms with Crippen molar-refractivity contribution in [2.45, 2.75) is 57.3 Å². The Balaban J connectivity index is 2.28. The van der Waals surface area contributed by atoms with Crippen molar-refractivity contribution >= 4 is 0 Å². The van der Waals surface area contributed by atoms with Gasteiger partial charge >= 0.3 is 6.18 Å². The molecule has 0 radical (unpaired) electrons. The molecule has 19 heavy (non-hydrogen) atoms. The lowest BCUT2D eigenvalue weighted by Crippen LogP contribution is -2.43. The van der Waals surface area contributed by atoms with Crippen LogP contribution in [-0.2, 0) is 4.74 Å². The van der Waals surface area contributed by atoms with Gasteiger partial charge in [0.2, 0.25) is 0 Å². The van der Waals surface area contributed by atoms with Crippen LogP contribution >= 0.6 is 0 Å². The normalized spacial score (nSPS) is 24.9. The van der Waals surface area contributed by atoms with Crippen LogP contribution in [0.5, 0.6) is 0 Å². The Hall–Kier alpha value is -0.330. The number of hydrogen-bond acceptors (Lipinski definition) is 3. The zero-order valence-corrected chi connectivity index (χ0v) is 11.6. The number of hydrogen-bond donors (Lipinski definition) is 1. The van der Waals surface area contributed by atoms with E-state index >= 15 is 0 Å². The molecule has 0 unspecified atom stereocenters. The predicted octanol–water partition coefficient (Wildman–Crippen LogP) is 2.55. The molecule has 0 atom stereocenters. The number of nitrogens with zero attached hydrogens (tertiary/aromatic N) is 1. The van der Waals surface area contributed by atoms with Gasteiger partial charge in [-0.2, -0.15) is 13.2 Å². The molecule has 1 fully saturated rings. The molecule has 1 aliphatic rings. The van der Waals surface area contributed by atoms with E-state index in [1.165, 1.54) is 0 Å². The fourth-order valence-electron chi connectivity index (χ4n) is 2.60. The summed E-state index contributed by atoms with van der Waals surface area (Å²) in [6.07, 6.45) is 0.873. The molecule has 0 heterocycles. The molecule has 6 heteroatoms. The highest BCUT2D eigenvalue weighted by molar-refractivity contribution is 4.81. The van der Waals surface area contributed by atoms with Crippen molar-refractivity contribution in [3.8, 4) is 0 Å². The molecule has 0 saturated heterocycles. The molecule has 1 rings (SSSR count). The lowest BCUT2D eigenvalue weighted by molar-refractivity contribution is -0.175. The molecule has 0 aromatic heterocycles. The maximum atomic E-state index is 12.0. The van der Waals surface area contributed by atoms with Crippen molar-refractivity contribution in [2.75, 3.05) is 26.3 Å². The average molecular weight is 282 g/mol. The number of halogens is 3. The predicted molar refractivity (Wildman–Crippen MR) is 69.0 cm³/mol. The van der Waals surface area contributed by atoms with Crippen LogP contribution in [0.25, 0.3) is 0 Å². The summed E-state index contributed by atoms with van der Waals surface area (Å²) >= 11 is 0. The highest BCUT2D eigenvalue weighted by Crippen LogP contribution is 2.22. The first kappa shape index (κ1) is 16.7. The number of rotatable bonds is 7. The third-order valence-corrected chi connectivity index (χ3v) is 3.56. The van der Waals surface area contributed by atoms with E-state index in [1.807, 2.05) is 0 Å². The van der Waals surface area contributed by atoms with E-state index < -0.39 is 12.8 Å². The van der Waals surface area contributed by atoms with Gasteiger partial charge in [0.1, 0.15) is 6.61 Å². The van der Waals surface area contributed by atoms with Crippen LogP contribution in [-0.4, -0.2) is 49.5 Å². The van der Waals surface area contributed by atoms with Crippen LogP contribution < -0.4 is 5.73 Å². The second kappa shape index (κ2) is 8.07. The zero-order chi connectivity index (χ0) is 14.3. The molecule has 1 aliphatic carbocycles. The molecule has 0 spiro atoms. The molecule has 114 valence electrons. The third kappa shape index (κ3) is 7.13. The zero-order valence-electron chi connectivity index (χ0n) is 11.6. The van der Waals surface area contributed by atoms with E-state index in [4.69, 9.17) is 10.5 Å². The minimum Gasteiger partial charge on any atom is -0.371 e. The summed E-state index contributed by atoms with van der Waals surface area (Å²) in [5.74, 6) is 0. The lowest BCUT2D eigenvalue weighted by Gasteiger charge is -2.36. The Morgan fingerprint density at radius 1 is 1.16 bits per heavy atom. The SMILES string of the molecule is CCCN(CCOCC(F)(F)F)C1CCC(N)CC1. The van der Waals surface area contributed by atoms with Crippen LogP contribution in [0.3, 0.4) is 0 Å². The molecule has 1 saturated carbocycles. The minimum absolute atomic E-state index is 0.141. The molecular weight excluding hydrogens is 257 g/mol. The van der Waals surface area contributed by atoms with E-state index in [-0.39, 0.29) is 6.61 Å². The summed E-state index contributed by atoms with van der Waals surface area (Å²) in [6, 6.07) is 0.746. The second-order valence-electron chi connectivity index (χ2n) is 5.27. The summed E-state index contributed by atoms with van der Waals surface area (Å²) in [7, 11) is 0. The fraction of sp³-hybridized carbons (Fsp3) is 1.00. The van der Waals surface area contributed by atoms with Gasteiger partial charge in [0.15, 0.2) is 0 Å². The molecule has 0 aliphatic heterocycles. The van der Waals surface area contributed by atoms with Crippen LogP contribution in [0.4, 0.5) is 13.2 Å². The quantitative estimate of drug-likeness (QED) is 0.729. The Morgan fingerprint density at radius 3 is 2.32 bits per heavy atom. The number of alkyl halides is 3. The topological polar surface area (TPSA) is 38.5 Å². The monoisotopic (exact) mass is 282 g/mol. The summed E-state index contributed by atoms with van der Waals surface area (Å²) in [6.45, 7) is 2.56. The lowest BCUT2D eigenvalue weighted by atomic mass is 9.90. The average Bonchev–Trinajstić information content (AvgIpc) is 2.33. The summed E-state index contributed by atoms with van der Waals surface area (Å²) in [5, 5.41) is 0. The highest BCUT2D eigenvalue weighted by Gasteiger charge is 2.28. The van der Waals surface area contributed by atoms with Gasteiger partial charge in [0.25, 0.3) is 0 Å². The summed E-state index contributed by atoms with van der Waals surface area (Å²) < 4.78 is 40.6. The Kier molecular flexibility index (Phi) is 7.10. The maximum Gasteiger partial charge on any atom is 0.411 e. The summed E-state index contributed by atoms with van der Waals surface area (Å²) in [4.78, 5) is 2.25. The van der Waals surface area contributed by atoms with Gasteiger partial charge in [0.05, 0.1) is 6.61 Å².